The number of amides is 1. The fourth-order valence-electron chi connectivity index (χ4n) is 4.22. The summed E-state index contributed by atoms with van der Waals surface area (Å²) in [7, 11) is 0. The van der Waals surface area contributed by atoms with Crippen LogP contribution in [0, 0.1) is 0 Å². The number of rotatable bonds is 8. The zero-order valence-electron chi connectivity index (χ0n) is 20.6. The largest absolute Gasteiger partial charge is 0.494 e. The van der Waals surface area contributed by atoms with E-state index in [4.69, 9.17) is 13.9 Å². The van der Waals surface area contributed by atoms with E-state index in [2.05, 4.69) is 10.3 Å². The summed E-state index contributed by atoms with van der Waals surface area (Å²) in [4.78, 5) is 30.9. The molecule has 7 heteroatoms. The molecule has 0 radical (unpaired) electrons. The summed E-state index contributed by atoms with van der Waals surface area (Å²) in [6, 6.07) is 25.6. The number of hydrogen-bond donors (Lipinski definition) is 1. The molecule has 1 atom stereocenters. The maximum Gasteiger partial charge on any atom is 0.339 e. The van der Waals surface area contributed by atoms with Crippen LogP contribution in [-0.2, 0) is 9.53 Å². The van der Waals surface area contributed by atoms with Gasteiger partial charge >= 0.3 is 5.97 Å². The van der Waals surface area contributed by atoms with Gasteiger partial charge in [0.05, 0.1) is 12.2 Å². The number of carbonyl (C=O) groups excluding carboxylic acids is 2. The Balaban J connectivity index is 1.42. The van der Waals surface area contributed by atoms with E-state index in [1.165, 1.54) is 0 Å². The van der Waals surface area contributed by atoms with Crippen LogP contribution in [0.4, 0.5) is 5.69 Å². The van der Waals surface area contributed by atoms with Crippen molar-refractivity contribution in [2.75, 3.05) is 11.9 Å². The van der Waals surface area contributed by atoms with Gasteiger partial charge in [0.15, 0.2) is 11.7 Å². The third kappa shape index (κ3) is 5.02. The van der Waals surface area contributed by atoms with Crippen LogP contribution in [0.5, 0.6) is 5.75 Å². The third-order valence-corrected chi connectivity index (χ3v) is 5.99. The molecule has 1 amide bonds. The molecule has 0 aliphatic carbocycles. The Kier molecular flexibility index (Phi) is 6.85. The number of ether oxygens (including phenoxy) is 2. The molecule has 0 spiro atoms. The van der Waals surface area contributed by atoms with Gasteiger partial charge in [0.1, 0.15) is 11.3 Å². The average Bonchev–Trinajstić information content (AvgIpc) is 3.36. The lowest BCUT2D eigenvalue weighted by atomic mass is 9.99. The number of hydrogen-bond acceptors (Lipinski definition) is 6. The van der Waals surface area contributed by atoms with Gasteiger partial charge in [-0.2, -0.15) is 0 Å². The van der Waals surface area contributed by atoms with E-state index in [1.54, 1.807) is 43.3 Å². The van der Waals surface area contributed by atoms with Gasteiger partial charge in [0, 0.05) is 16.6 Å². The number of esters is 1. The minimum absolute atomic E-state index is 0.317. The fourth-order valence-corrected chi connectivity index (χ4v) is 4.22. The standard InChI is InChI=1S/C30H26N2O5/c1-3-25(28(33)31-20-15-17-21(18-16-20)35-4-2)37-30(34)23-12-8-10-19-9-7-11-22(27(19)23)29-32-24-13-5-6-14-26(24)36-29/h5-18,25H,3-4H2,1-2H3,(H,31,33). The quantitative estimate of drug-likeness (QED) is 0.244. The predicted octanol–water partition coefficient (Wildman–Crippen LogP) is 6.62. The first-order valence-corrected chi connectivity index (χ1v) is 12.2. The molecule has 0 bridgehead atoms. The lowest BCUT2D eigenvalue weighted by molar-refractivity contribution is -0.124. The van der Waals surface area contributed by atoms with Crippen LogP contribution in [0.1, 0.15) is 30.6 Å². The van der Waals surface area contributed by atoms with E-state index in [0.29, 0.717) is 52.5 Å². The van der Waals surface area contributed by atoms with Gasteiger partial charge in [0.2, 0.25) is 5.89 Å². The molecule has 4 aromatic carbocycles. The number of nitrogens with one attached hydrogen (secondary N) is 1. The zero-order valence-corrected chi connectivity index (χ0v) is 20.6. The molecule has 1 aromatic heterocycles. The van der Waals surface area contributed by atoms with Gasteiger partial charge < -0.3 is 19.2 Å². The van der Waals surface area contributed by atoms with Crippen LogP contribution >= 0.6 is 0 Å². The van der Waals surface area contributed by atoms with E-state index in [0.717, 1.165) is 10.9 Å². The zero-order chi connectivity index (χ0) is 25.8. The first-order chi connectivity index (χ1) is 18.1. The van der Waals surface area contributed by atoms with Gasteiger partial charge in [-0.15, -0.1) is 0 Å². The number of carbonyl (C=O) groups is 2. The van der Waals surface area contributed by atoms with Gasteiger partial charge in [-0.25, -0.2) is 9.78 Å². The monoisotopic (exact) mass is 494 g/mol. The van der Waals surface area contributed by atoms with E-state index in [9.17, 15) is 9.59 Å². The minimum Gasteiger partial charge on any atom is -0.494 e. The van der Waals surface area contributed by atoms with Crippen molar-refractivity contribution in [1.29, 1.82) is 0 Å². The average molecular weight is 495 g/mol. The first kappa shape index (κ1) is 24.1. The molecule has 0 saturated heterocycles. The van der Waals surface area contributed by atoms with Crippen molar-refractivity contribution in [2.24, 2.45) is 0 Å². The highest BCUT2D eigenvalue weighted by molar-refractivity contribution is 6.10. The molecule has 1 heterocycles. The van der Waals surface area contributed by atoms with E-state index in [-0.39, 0.29) is 0 Å². The van der Waals surface area contributed by atoms with Crippen molar-refractivity contribution in [3.8, 4) is 17.2 Å². The van der Waals surface area contributed by atoms with Crippen molar-refractivity contribution < 1.29 is 23.5 Å². The molecule has 186 valence electrons. The highest BCUT2D eigenvalue weighted by Crippen LogP contribution is 2.33. The second kappa shape index (κ2) is 10.5. The van der Waals surface area contributed by atoms with Crippen LogP contribution < -0.4 is 10.1 Å². The summed E-state index contributed by atoms with van der Waals surface area (Å²) >= 11 is 0. The van der Waals surface area contributed by atoms with Crippen LogP contribution in [0.15, 0.2) is 89.3 Å². The maximum atomic E-state index is 13.4. The summed E-state index contributed by atoms with van der Waals surface area (Å²) in [5, 5.41) is 4.30. The number of aromatic nitrogens is 1. The fraction of sp³-hybridized carbons (Fsp3) is 0.167. The second-order valence-electron chi connectivity index (χ2n) is 8.44. The lowest BCUT2D eigenvalue weighted by Crippen LogP contribution is -2.32. The number of para-hydroxylation sites is 2. The van der Waals surface area contributed by atoms with Crippen molar-refractivity contribution in [3.63, 3.8) is 0 Å². The Morgan fingerprint density at radius 3 is 2.41 bits per heavy atom. The van der Waals surface area contributed by atoms with E-state index in [1.807, 2.05) is 55.5 Å². The molecule has 5 rings (SSSR count). The molecule has 0 fully saturated rings. The van der Waals surface area contributed by atoms with Crippen molar-refractivity contribution in [1.82, 2.24) is 4.98 Å². The highest BCUT2D eigenvalue weighted by atomic mass is 16.5. The number of nitrogens with zero attached hydrogens (tertiary/aromatic N) is 1. The van der Waals surface area contributed by atoms with Crippen molar-refractivity contribution >= 4 is 39.4 Å². The van der Waals surface area contributed by atoms with Gasteiger partial charge in [-0.05, 0) is 67.3 Å². The molecule has 37 heavy (non-hydrogen) atoms. The summed E-state index contributed by atoms with van der Waals surface area (Å²) in [5.74, 6) is 0.124. The molecule has 1 unspecified atom stereocenters. The second-order valence-corrected chi connectivity index (χ2v) is 8.44. The molecular formula is C30H26N2O5. The van der Waals surface area contributed by atoms with Crippen molar-refractivity contribution in [3.05, 3.63) is 90.5 Å². The maximum absolute atomic E-state index is 13.4. The number of fused-ring (bicyclic) bond motifs is 2. The number of anilines is 1. The third-order valence-electron chi connectivity index (χ3n) is 5.99. The topological polar surface area (TPSA) is 90.7 Å². The molecular weight excluding hydrogens is 468 g/mol. The van der Waals surface area contributed by atoms with Gasteiger partial charge in [0.25, 0.3) is 5.91 Å². The SMILES string of the molecule is CCOc1ccc(NC(=O)C(CC)OC(=O)c2cccc3cccc(-c4nc5ccccc5o4)c23)cc1. The number of benzene rings is 4. The molecule has 1 N–H and O–H groups in total. The van der Waals surface area contributed by atoms with Crippen LogP contribution in [-0.4, -0.2) is 29.6 Å². The van der Waals surface area contributed by atoms with E-state index < -0.39 is 18.0 Å². The summed E-state index contributed by atoms with van der Waals surface area (Å²) < 4.78 is 17.1. The predicted molar refractivity (Wildman–Crippen MR) is 143 cm³/mol. The Hall–Kier alpha value is -4.65. The van der Waals surface area contributed by atoms with Crippen LogP contribution in [0.25, 0.3) is 33.3 Å². The molecule has 5 aromatic rings. The lowest BCUT2D eigenvalue weighted by Gasteiger charge is -2.17. The Morgan fingerprint density at radius 2 is 1.68 bits per heavy atom. The number of oxazole rings is 1. The van der Waals surface area contributed by atoms with Gasteiger partial charge in [-0.1, -0.05) is 43.3 Å². The Labute approximate surface area is 214 Å². The van der Waals surface area contributed by atoms with Crippen LogP contribution in [0.3, 0.4) is 0 Å². The molecule has 0 saturated carbocycles. The van der Waals surface area contributed by atoms with Gasteiger partial charge in [-0.3, -0.25) is 4.79 Å². The molecule has 0 aliphatic heterocycles. The molecule has 0 aliphatic rings. The molecule has 7 nitrogen and oxygen atoms in total. The summed E-state index contributed by atoms with van der Waals surface area (Å²) in [6.07, 6.45) is -0.650. The summed E-state index contributed by atoms with van der Waals surface area (Å²) in [6.45, 7) is 4.26. The van der Waals surface area contributed by atoms with E-state index >= 15 is 0 Å². The minimum atomic E-state index is -0.967. The first-order valence-electron chi connectivity index (χ1n) is 12.2. The Bertz CT molecular complexity index is 1530. The van der Waals surface area contributed by atoms with Crippen LogP contribution in [0.2, 0.25) is 0 Å². The normalized spacial score (nSPS) is 11.8. The Morgan fingerprint density at radius 1 is 0.919 bits per heavy atom. The summed E-state index contributed by atoms with van der Waals surface area (Å²) in [5.41, 5.74) is 2.99. The smallest absolute Gasteiger partial charge is 0.339 e. The van der Waals surface area contributed by atoms with Crippen molar-refractivity contribution in [2.45, 2.75) is 26.4 Å². The highest BCUT2D eigenvalue weighted by Gasteiger charge is 2.25.